The van der Waals surface area contributed by atoms with Gasteiger partial charge in [0.15, 0.2) is 0 Å². The van der Waals surface area contributed by atoms with Crippen molar-refractivity contribution < 1.29 is 4.74 Å². The Kier molecular flexibility index (Phi) is 6.48. The first-order valence-electron chi connectivity index (χ1n) is 12.5. The first-order chi connectivity index (χ1) is 16.3. The molecular weight excluding hydrogens is 406 g/mol. The maximum Gasteiger partial charge on any atom is 0.210 e. The number of nitrogens with one attached hydrogen (secondary N) is 1. The summed E-state index contributed by atoms with van der Waals surface area (Å²) in [6.07, 6.45) is 14.6. The number of allylic oxidation sites excluding steroid dienone is 2. The van der Waals surface area contributed by atoms with Crippen LogP contribution in [0.15, 0.2) is 58.9 Å². The summed E-state index contributed by atoms with van der Waals surface area (Å²) in [6, 6.07) is 12.7. The van der Waals surface area contributed by atoms with Crippen LogP contribution >= 0.6 is 0 Å². The van der Waals surface area contributed by atoms with Crippen molar-refractivity contribution in [2.24, 2.45) is 10.9 Å². The minimum absolute atomic E-state index is 0.412. The van der Waals surface area contributed by atoms with Crippen LogP contribution < -0.4 is 4.74 Å². The van der Waals surface area contributed by atoms with Gasteiger partial charge in [0, 0.05) is 17.0 Å². The molecule has 4 heteroatoms. The third-order valence-electron chi connectivity index (χ3n) is 7.55. The largest absolute Gasteiger partial charge is 0.497 e. The number of nitrogens with zero attached hydrogens (tertiary/aromatic N) is 2. The van der Waals surface area contributed by atoms with E-state index in [0.29, 0.717) is 11.8 Å². The van der Waals surface area contributed by atoms with Crippen LogP contribution in [0.1, 0.15) is 87.1 Å². The second kappa shape index (κ2) is 9.83. The first kappa shape index (κ1) is 21.8. The standard InChI is InChI=1S/C29H33N3O/c1-30-27-19-26(32-29(27)22-11-7-4-8-12-22)28(21-13-15-23(33-2)16-14-21)25-18-17-24(31-25)20-9-5-3-6-10-20/h13-20,22,31H,3-12H2,2H3. The van der Waals surface area contributed by atoms with Crippen LogP contribution in [0.25, 0.3) is 10.4 Å². The minimum atomic E-state index is 0.412. The quantitative estimate of drug-likeness (QED) is 0.477. The van der Waals surface area contributed by atoms with E-state index in [4.69, 9.17) is 16.3 Å². The Balaban J connectivity index is 1.59. The van der Waals surface area contributed by atoms with E-state index in [-0.39, 0.29) is 0 Å². The van der Waals surface area contributed by atoms with Crippen LogP contribution in [0.4, 0.5) is 0 Å². The van der Waals surface area contributed by atoms with E-state index >= 15 is 0 Å². The molecule has 0 spiro atoms. The zero-order valence-corrected chi connectivity index (χ0v) is 19.6. The molecule has 0 saturated heterocycles. The van der Waals surface area contributed by atoms with Crippen molar-refractivity contribution in [3.63, 3.8) is 0 Å². The second-order valence-corrected chi connectivity index (χ2v) is 9.62. The molecule has 0 amide bonds. The van der Waals surface area contributed by atoms with Gasteiger partial charge in [0.1, 0.15) is 5.75 Å². The Hall–Kier alpha value is -3.06. The molecule has 2 fully saturated rings. The highest BCUT2D eigenvalue weighted by atomic mass is 16.5. The van der Waals surface area contributed by atoms with E-state index in [1.165, 1.54) is 57.1 Å². The van der Waals surface area contributed by atoms with Crippen LogP contribution in [0.5, 0.6) is 5.75 Å². The normalized spacial score (nSPS) is 21.3. The van der Waals surface area contributed by atoms with E-state index in [1.807, 2.05) is 18.2 Å². The molecule has 2 aliphatic carbocycles. The number of H-pyrrole nitrogens is 1. The van der Waals surface area contributed by atoms with E-state index in [2.05, 4.69) is 34.1 Å². The Morgan fingerprint density at radius 3 is 2.21 bits per heavy atom. The van der Waals surface area contributed by atoms with Gasteiger partial charge in [0.05, 0.1) is 25.1 Å². The topological polar surface area (TPSA) is 41.7 Å². The van der Waals surface area contributed by atoms with Gasteiger partial charge in [-0.05, 0) is 73.4 Å². The maximum absolute atomic E-state index is 7.81. The van der Waals surface area contributed by atoms with Crippen molar-refractivity contribution >= 4 is 11.3 Å². The third kappa shape index (κ3) is 4.55. The molecule has 3 aliphatic rings. The van der Waals surface area contributed by atoms with E-state index in [9.17, 15) is 0 Å². The zero-order valence-electron chi connectivity index (χ0n) is 19.6. The summed E-state index contributed by atoms with van der Waals surface area (Å²) < 4.78 is 5.39. The molecule has 2 saturated carbocycles. The third-order valence-corrected chi connectivity index (χ3v) is 7.55. The monoisotopic (exact) mass is 439 g/mol. The molecule has 1 aliphatic heterocycles. The lowest BCUT2D eigenvalue weighted by Gasteiger charge is -2.21. The van der Waals surface area contributed by atoms with Gasteiger partial charge in [-0.15, -0.1) is 0 Å². The maximum atomic E-state index is 7.81. The number of ether oxygens (including phenoxy) is 1. The molecule has 2 aromatic rings. The summed E-state index contributed by atoms with van der Waals surface area (Å²) in [5.41, 5.74) is 7.23. The Bertz CT molecular complexity index is 1110. The van der Waals surface area contributed by atoms with Crippen LogP contribution in [-0.2, 0) is 0 Å². The van der Waals surface area contributed by atoms with Crippen molar-refractivity contribution in [3.8, 4) is 5.75 Å². The second-order valence-electron chi connectivity index (χ2n) is 9.62. The van der Waals surface area contributed by atoms with Gasteiger partial charge < -0.3 is 9.72 Å². The molecule has 0 unspecified atom stereocenters. The lowest BCUT2D eigenvalue weighted by molar-refractivity contribution is 0.415. The van der Waals surface area contributed by atoms with Crippen molar-refractivity contribution in [2.75, 3.05) is 7.11 Å². The highest BCUT2D eigenvalue weighted by molar-refractivity contribution is 6.08. The average molecular weight is 440 g/mol. The Morgan fingerprint density at radius 1 is 0.909 bits per heavy atom. The van der Waals surface area contributed by atoms with E-state index < -0.39 is 0 Å². The average Bonchev–Trinajstić information content (AvgIpc) is 3.54. The van der Waals surface area contributed by atoms with Crippen molar-refractivity contribution in [2.45, 2.75) is 70.1 Å². The van der Waals surface area contributed by atoms with Gasteiger partial charge in [-0.2, -0.15) is 0 Å². The van der Waals surface area contributed by atoms with E-state index in [0.717, 1.165) is 52.5 Å². The fourth-order valence-corrected chi connectivity index (χ4v) is 5.73. The molecule has 1 aromatic carbocycles. The van der Waals surface area contributed by atoms with Gasteiger partial charge in [0.25, 0.3) is 0 Å². The lowest BCUT2D eigenvalue weighted by Crippen LogP contribution is -2.17. The molecule has 0 radical (unpaired) electrons. The summed E-state index contributed by atoms with van der Waals surface area (Å²) in [5.74, 6) is 1.87. The summed E-state index contributed by atoms with van der Waals surface area (Å²) >= 11 is 0. The fraction of sp³-hybridized carbons (Fsp3) is 0.448. The molecule has 1 N–H and O–H groups in total. The molecule has 2 heterocycles. The molecule has 33 heavy (non-hydrogen) atoms. The molecule has 4 nitrogen and oxygen atoms in total. The van der Waals surface area contributed by atoms with Crippen molar-refractivity contribution in [3.05, 3.63) is 82.2 Å². The van der Waals surface area contributed by atoms with Crippen LogP contribution in [0.3, 0.4) is 0 Å². The summed E-state index contributed by atoms with van der Waals surface area (Å²) in [6.45, 7) is 7.81. The number of aliphatic imine (C=N–C) groups is 1. The van der Waals surface area contributed by atoms with Crippen molar-refractivity contribution in [1.29, 1.82) is 0 Å². The minimum Gasteiger partial charge on any atom is -0.497 e. The van der Waals surface area contributed by atoms with E-state index in [1.54, 1.807) is 7.11 Å². The van der Waals surface area contributed by atoms with Gasteiger partial charge in [0.2, 0.25) is 5.70 Å². The smallest absolute Gasteiger partial charge is 0.210 e. The molecular formula is C29H33N3O. The molecule has 170 valence electrons. The van der Waals surface area contributed by atoms with Crippen LogP contribution in [0, 0.1) is 12.5 Å². The van der Waals surface area contributed by atoms with Crippen LogP contribution in [0.2, 0.25) is 0 Å². The highest BCUT2D eigenvalue weighted by Gasteiger charge is 2.28. The number of methoxy groups -OCH3 is 1. The van der Waals surface area contributed by atoms with Crippen LogP contribution in [-0.4, -0.2) is 17.8 Å². The number of benzene rings is 1. The zero-order chi connectivity index (χ0) is 22.6. The lowest BCUT2D eigenvalue weighted by atomic mass is 9.85. The summed E-state index contributed by atoms with van der Waals surface area (Å²) in [4.78, 5) is 12.8. The first-order valence-corrected chi connectivity index (χ1v) is 12.5. The predicted molar refractivity (Wildman–Crippen MR) is 134 cm³/mol. The molecule has 0 atom stereocenters. The molecule has 5 rings (SSSR count). The molecule has 1 aromatic heterocycles. The van der Waals surface area contributed by atoms with Crippen molar-refractivity contribution in [1.82, 2.24) is 4.98 Å². The fourth-order valence-electron chi connectivity index (χ4n) is 5.73. The highest BCUT2D eigenvalue weighted by Crippen LogP contribution is 2.38. The number of hydrogen-bond acceptors (Lipinski definition) is 2. The summed E-state index contributed by atoms with van der Waals surface area (Å²) in [5, 5.41) is 0. The van der Waals surface area contributed by atoms with Gasteiger partial charge in [-0.1, -0.05) is 50.7 Å². The number of rotatable bonds is 5. The van der Waals surface area contributed by atoms with Gasteiger partial charge in [-0.25, -0.2) is 4.85 Å². The number of hydrogen-bond donors (Lipinski definition) is 1. The van der Waals surface area contributed by atoms with Gasteiger partial charge >= 0.3 is 0 Å². The summed E-state index contributed by atoms with van der Waals surface area (Å²) in [7, 11) is 1.69. The van der Waals surface area contributed by atoms with Gasteiger partial charge in [-0.3, -0.25) is 4.99 Å². The Morgan fingerprint density at radius 2 is 1.58 bits per heavy atom. The number of aromatic nitrogens is 1. The SMILES string of the molecule is [C-]#[N+]C1=CC(=C(c2ccc(OC)cc2)c2ccc(C3CCCCC3)[nH]2)N=C1C1CCCCC1. The predicted octanol–water partition coefficient (Wildman–Crippen LogP) is 7.67. The number of aromatic amines is 1. The Labute approximate surface area is 197 Å². The molecule has 0 bridgehead atoms.